The molecule has 3 heterocycles. The van der Waals surface area contributed by atoms with Gasteiger partial charge >= 0.3 is 0 Å². The third-order valence-corrected chi connectivity index (χ3v) is 4.20. The van der Waals surface area contributed by atoms with Gasteiger partial charge in [0.2, 0.25) is 0 Å². The molecule has 0 spiro atoms. The van der Waals surface area contributed by atoms with E-state index in [4.69, 9.17) is 0 Å². The van der Waals surface area contributed by atoms with Crippen LogP contribution in [-0.2, 0) is 20.1 Å². The molecule has 0 saturated heterocycles. The van der Waals surface area contributed by atoms with Gasteiger partial charge in [0.05, 0.1) is 24.0 Å². The number of carbonyl (C=O) groups excluding carboxylic acids is 1. The first kappa shape index (κ1) is 14.6. The van der Waals surface area contributed by atoms with Crippen molar-refractivity contribution in [2.75, 3.05) is 0 Å². The van der Waals surface area contributed by atoms with Crippen LogP contribution < -0.4 is 0 Å². The summed E-state index contributed by atoms with van der Waals surface area (Å²) in [6.07, 6.45) is 5.19. The Bertz CT molecular complexity index is 934. The van der Waals surface area contributed by atoms with E-state index in [0.717, 1.165) is 16.8 Å². The molecule has 3 aromatic rings. The molecule has 1 aromatic carbocycles. The summed E-state index contributed by atoms with van der Waals surface area (Å²) in [6.45, 7) is 0.646. The Labute approximate surface area is 138 Å². The Balaban J connectivity index is 1.57. The van der Waals surface area contributed by atoms with Crippen LogP contribution in [0.3, 0.4) is 0 Å². The minimum atomic E-state index is -0.326. The number of aromatic nitrogens is 3. The molecule has 0 fully saturated rings. The number of aryl methyl sites for hydroxylation is 1. The first-order valence-corrected chi connectivity index (χ1v) is 7.62. The third kappa shape index (κ3) is 2.46. The number of hydrogen-bond acceptors (Lipinski definition) is 3. The predicted octanol–water partition coefficient (Wildman–Crippen LogP) is 2.78. The number of nitrogens with zero attached hydrogens (tertiary/aromatic N) is 4. The van der Waals surface area contributed by atoms with Crippen LogP contribution in [0.1, 0.15) is 21.6 Å². The Hall–Kier alpha value is -3.02. The summed E-state index contributed by atoms with van der Waals surface area (Å²) in [5.74, 6) is -0.429. The Kier molecular flexibility index (Phi) is 3.37. The topological polar surface area (TPSA) is 51.0 Å². The van der Waals surface area contributed by atoms with Crippen LogP contribution in [-0.4, -0.2) is 25.6 Å². The van der Waals surface area contributed by atoms with Gasteiger partial charge in [-0.25, -0.2) is 4.39 Å². The van der Waals surface area contributed by atoms with Crippen LogP contribution in [0, 0.1) is 5.82 Å². The number of rotatable bonds is 3. The lowest BCUT2D eigenvalue weighted by molar-refractivity contribution is 0.0765. The van der Waals surface area contributed by atoms with Gasteiger partial charge in [0.1, 0.15) is 5.82 Å². The predicted molar refractivity (Wildman–Crippen MR) is 86.4 cm³/mol. The zero-order valence-electron chi connectivity index (χ0n) is 13.1. The van der Waals surface area contributed by atoms with Crippen molar-refractivity contribution in [2.45, 2.75) is 13.1 Å². The summed E-state index contributed by atoms with van der Waals surface area (Å²) >= 11 is 0. The van der Waals surface area contributed by atoms with Gasteiger partial charge < -0.3 is 4.90 Å². The molecule has 4 rings (SSSR count). The molecule has 2 aromatic heterocycles. The molecule has 120 valence electrons. The summed E-state index contributed by atoms with van der Waals surface area (Å²) in [4.78, 5) is 18.2. The number of halogens is 1. The van der Waals surface area contributed by atoms with Crippen molar-refractivity contribution in [3.63, 3.8) is 0 Å². The number of fused-ring (bicyclic) bond motifs is 1. The van der Waals surface area contributed by atoms with E-state index in [2.05, 4.69) is 10.1 Å². The Morgan fingerprint density at radius 2 is 2.12 bits per heavy atom. The maximum absolute atomic E-state index is 14.5. The molecule has 0 unspecified atom stereocenters. The summed E-state index contributed by atoms with van der Waals surface area (Å²) in [6, 6.07) is 8.55. The van der Waals surface area contributed by atoms with E-state index in [1.54, 1.807) is 40.2 Å². The third-order valence-electron chi connectivity index (χ3n) is 4.20. The molecule has 0 saturated carbocycles. The fourth-order valence-corrected chi connectivity index (χ4v) is 2.94. The van der Waals surface area contributed by atoms with Gasteiger partial charge in [0.15, 0.2) is 0 Å². The van der Waals surface area contributed by atoms with E-state index in [0.29, 0.717) is 17.7 Å². The van der Waals surface area contributed by atoms with E-state index in [-0.39, 0.29) is 18.3 Å². The smallest absolute Gasteiger partial charge is 0.256 e. The average molecular weight is 322 g/mol. The summed E-state index contributed by atoms with van der Waals surface area (Å²) in [5, 5.41) is 4.10. The summed E-state index contributed by atoms with van der Waals surface area (Å²) in [7, 11) is 1.82. The van der Waals surface area contributed by atoms with Crippen molar-refractivity contribution >= 4 is 5.91 Å². The number of carbonyl (C=O) groups is 1. The van der Waals surface area contributed by atoms with Crippen LogP contribution in [0.25, 0.3) is 11.1 Å². The van der Waals surface area contributed by atoms with Crippen molar-refractivity contribution in [3.8, 4) is 11.1 Å². The summed E-state index contributed by atoms with van der Waals surface area (Å²) < 4.78 is 16.1. The second-order valence-corrected chi connectivity index (χ2v) is 5.87. The highest BCUT2D eigenvalue weighted by atomic mass is 19.1. The van der Waals surface area contributed by atoms with Gasteiger partial charge in [-0.15, -0.1) is 0 Å². The molecule has 0 atom stereocenters. The Morgan fingerprint density at radius 1 is 1.25 bits per heavy atom. The van der Waals surface area contributed by atoms with Gasteiger partial charge in [-0.3, -0.25) is 14.5 Å². The molecule has 1 aliphatic rings. The quantitative estimate of drug-likeness (QED) is 0.745. The highest BCUT2D eigenvalue weighted by Crippen LogP contribution is 2.25. The monoisotopic (exact) mass is 322 g/mol. The van der Waals surface area contributed by atoms with Crippen molar-refractivity contribution in [3.05, 3.63) is 71.6 Å². The molecular weight excluding hydrogens is 307 g/mol. The minimum absolute atomic E-state index is 0.103. The first-order chi connectivity index (χ1) is 11.6. The van der Waals surface area contributed by atoms with Crippen molar-refractivity contribution in [2.24, 2.45) is 7.05 Å². The molecule has 1 aliphatic heterocycles. The standard InChI is InChI=1S/C18H15FN4O/c1-22-9-14(8-21-22)12-4-5-13(16(19)7-12)10-23-11-17-15(18(23)24)3-2-6-20-17/h2-9H,10-11H2,1H3. The highest BCUT2D eigenvalue weighted by molar-refractivity contribution is 5.97. The lowest BCUT2D eigenvalue weighted by Crippen LogP contribution is -2.23. The molecule has 5 nitrogen and oxygen atoms in total. The summed E-state index contributed by atoms with van der Waals surface area (Å²) in [5.41, 5.74) is 3.46. The van der Waals surface area contributed by atoms with Crippen LogP contribution in [0.5, 0.6) is 0 Å². The average Bonchev–Trinajstić information content (AvgIpc) is 3.14. The Morgan fingerprint density at radius 3 is 2.83 bits per heavy atom. The second-order valence-electron chi connectivity index (χ2n) is 5.87. The number of benzene rings is 1. The number of pyridine rings is 1. The zero-order chi connectivity index (χ0) is 16.7. The van der Waals surface area contributed by atoms with Gasteiger partial charge in [-0.05, 0) is 23.8 Å². The van der Waals surface area contributed by atoms with Crippen molar-refractivity contribution in [1.29, 1.82) is 0 Å². The maximum atomic E-state index is 14.5. The van der Waals surface area contributed by atoms with E-state index < -0.39 is 0 Å². The molecule has 0 radical (unpaired) electrons. The van der Waals surface area contributed by atoms with Crippen LogP contribution >= 0.6 is 0 Å². The van der Waals surface area contributed by atoms with Gasteiger partial charge in [0.25, 0.3) is 5.91 Å². The van der Waals surface area contributed by atoms with E-state index in [1.807, 2.05) is 19.3 Å². The molecular formula is C18H15FN4O. The zero-order valence-corrected chi connectivity index (χ0v) is 13.1. The number of amides is 1. The molecule has 0 bridgehead atoms. The molecule has 24 heavy (non-hydrogen) atoms. The molecule has 6 heteroatoms. The van der Waals surface area contributed by atoms with Crippen molar-refractivity contribution < 1.29 is 9.18 Å². The molecule has 0 N–H and O–H groups in total. The van der Waals surface area contributed by atoms with Crippen LogP contribution in [0.4, 0.5) is 4.39 Å². The lowest BCUT2D eigenvalue weighted by Gasteiger charge is -2.16. The lowest BCUT2D eigenvalue weighted by atomic mass is 10.1. The fourth-order valence-electron chi connectivity index (χ4n) is 2.94. The van der Waals surface area contributed by atoms with Crippen LogP contribution in [0.15, 0.2) is 48.9 Å². The highest BCUT2D eigenvalue weighted by Gasteiger charge is 2.28. The maximum Gasteiger partial charge on any atom is 0.256 e. The van der Waals surface area contributed by atoms with Crippen molar-refractivity contribution in [1.82, 2.24) is 19.7 Å². The van der Waals surface area contributed by atoms with Gasteiger partial charge in [-0.2, -0.15) is 5.10 Å². The first-order valence-electron chi connectivity index (χ1n) is 7.62. The SMILES string of the molecule is Cn1cc(-c2ccc(CN3Cc4ncccc4C3=O)c(F)c2)cn1. The fraction of sp³-hybridized carbons (Fsp3) is 0.167. The van der Waals surface area contributed by atoms with Gasteiger partial charge in [-0.1, -0.05) is 12.1 Å². The van der Waals surface area contributed by atoms with E-state index in [9.17, 15) is 9.18 Å². The van der Waals surface area contributed by atoms with Gasteiger partial charge in [0, 0.05) is 37.1 Å². The molecule has 1 amide bonds. The largest absolute Gasteiger partial charge is 0.328 e. The number of hydrogen-bond donors (Lipinski definition) is 0. The molecule has 0 aliphatic carbocycles. The van der Waals surface area contributed by atoms with Crippen LogP contribution in [0.2, 0.25) is 0 Å². The van der Waals surface area contributed by atoms with E-state index >= 15 is 0 Å². The minimum Gasteiger partial charge on any atom is -0.328 e. The van der Waals surface area contributed by atoms with E-state index in [1.165, 1.54) is 6.07 Å². The second kappa shape index (κ2) is 5.56. The normalized spacial score (nSPS) is 13.4.